The van der Waals surface area contributed by atoms with Gasteiger partial charge in [-0.2, -0.15) is 17.6 Å². The summed E-state index contributed by atoms with van der Waals surface area (Å²) in [5.74, 6) is 0. The standard InChI is InChI=1S/C14H19N2O3S/c1-4-15-10-11-16(5-2)14(15)19-20(17,18)13-8-6-12(3)7-9-13/h6-11H,4-5H2,1-3H3/q+1. The molecule has 0 aliphatic rings. The third-order valence-corrected chi connectivity index (χ3v) is 4.31. The monoisotopic (exact) mass is 295 g/mol. The predicted octanol–water partition coefficient (Wildman–Crippen LogP) is 1.89. The number of rotatable bonds is 5. The molecule has 2 rings (SSSR count). The lowest BCUT2D eigenvalue weighted by atomic mass is 10.2. The molecule has 0 aliphatic heterocycles. The molecule has 0 saturated heterocycles. The lowest BCUT2D eigenvalue weighted by Gasteiger charge is -2.06. The largest absolute Gasteiger partial charge is 0.472 e. The first kappa shape index (κ1) is 14.6. The summed E-state index contributed by atoms with van der Waals surface area (Å²) in [6.45, 7) is 7.07. The summed E-state index contributed by atoms with van der Waals surface area (Å²) >= 11 is 0. The predicted molar refractivity (Wildman–Crippen MR) is 75.0 cm³/mol. The Hall–Kier alpha value is -1.82. The van der Waals surface area contributed by atoms with Crippen LogP contribution in [0.5, 0.6) is 6.01 Å². The van der Waals surface area contributed by atoms with Crippen molar-refractivity contribution in [1.29, 1.82) is 0 Å². The highest BCUT2D eigenvalue weighted by Crippen LogP contribution is 2.16. The van der Waals surface area contributed by atoms with Crippen LogP contribution in [0.1, 0.15) is 19.4 Å². The molecule has 0 bridgehead atoms. The van der Waals surface area contributed by atoms with Gasteiger partial charge in [-0.25, -0.2) is 0 Å². The fourth-order valence-corrected chi connectivity index (χ4v) is 2.84. The molecule has 5 nitrogen and oxygen atoms in total. The summed E-state index contributed by atoms with van der Waals surface area (Å²) in [6, 6.07) is 6.95. The molecule has 6 heteroatoms. The highest BCUT2D eigenvalue weighted by Gasteiger charge is 2.26. The van der Waals surface area contributed by atoms with E-state index in [1.165, 1.54) is 0 Å². The van der Waals surface area contributed by atoms with E-state index in [-0.39, 0.29) is 4.90 Å². The first-order valence-corrected chi connectivity index (χ1v) is 7.98. The van der Waals surface area contributed by atoms with Gasteiger partial charge in [0.1, 0.15) is 17.3 Å². The minimum absolute atomic E-state index is 0.162. The molecule has 0 unspecified atom stereocenters. The Morgan fingerprint density at radius 2 is 1.85 bits per heavy atom. The summed E-state index contributed by atoms with van der Waals surface area (Å²) in [5.41, 5.74) is 1.00. The molecule has 1 aromatic carbocycles. The number of aryl methyl sites for hydroxylation is 3. The number of imidazole rings is 1. The third kappa shape index (κ3) is 2.85. The van der Waals surface area contributed by atoms with Crippen LogP contribution < -0.4 is 8.75 Å². The van der Waals surface area contributed by atoms with Crippen LogP contribution in [0, 0.1) is 6.92 Å². The van der Waals surface area contributed by atoms with E-state index in [0.717, 1.165) is 5.56 Å². The molecule has 2 aromatic rings. The van der Waals surface area contributed by atoms with E-state index >= 15 is 0 Å². The van der Waals surface area contributed by atoms with Crippen molar-refractivity contribution in [1.82, 2.24) is 4.57 Å². The van der Waals surface area contributed by atoms with E-state index in [1.54, 1.807) is 33.4 Å². The van der Waals surface area contributed by atoms with E-state index < -0.39 is 10.1 Å². The molecule has 108 valence electrons. The van der Waals surface area contributed by atoms with Crippen LogP contribution in [0.3, 0.4) is 0 Å². The summed E-state index contributed by atoms with van der Waals surface area (Å²) < 4.78 is 33.4. The molecule has 0 N–H and O–H groups in total. The molecule has 1 aromatic heterocycles. The van der Waals surface area contributed by atoms with Gasteiger partial charge in [-0.3, -0.25) is 0 Å². The molecular weight excluding hydrogens is 276 g/mol. The number of nitrogens with zero attached hydrogens (tertiary/aromatic N) is 2. The second-order valence-corrected chi connectivity index (χ2v) is 6.05. The van der Waals surface area contributed by atoms with Crippen LogP contribution >= 0.6 is 0 Å². The first-order valence-electron chi connectivity index (χ1n) is 6.57. The molecule has 0 aliphatic carbocycles. The van der Waals surface area contributed by atoms with E-state index in [1.807, 2.05) is 33.2 Å². The molecule has 0 fully saturated rings. The van der Waals surface area contributed by atoms with Gasteiger partial charge in [0.2, 0.25) is 0 Å². The fourth-order valence-electron chi connectivity index (χ4n) is 1.88. The first-order chi connectivity index (χ1) is 9.47. The van der Waals surface area contributed by atoms with Crippen molar-refractivity contribution in [2.75, 3.05) is 0 Å². The lowest BCUT2D eigenvalue weighted by Crippen LogP contribution is -2.34. The normalized spacial score (nSPS) is 11.6. The van der Waals surface area contributed by atoms with Crippen molar-refractivity contribution in [3.05, 3.63) is 42.2 Å². The Labute approximate surface area is 119 Å². The smallest absolute Gasteiger partial charge is 0.305 e. The molecular formula is C14H19N2O3S+. The van der Waals surface area contributed by atoms with Gasteiger partial charge in [-0.05, 0) is 32.9 Å². The Kier molecular flexibility index (Phi) is 4.13. The SMILES string of the molecule is CCn1cc[n+](CC)c1OS(=O)(=O)c1ccc(C)cc1. The zero-order valence-corrected chi connectivity index (χ0v) is 12.7. The molecule has 20 heavy (non-hydrogen) atoms. The Bertz CT molecular complexity index is 666. The number of hydrogen-bond donors (Lipinski definition) is 0. The number of benzene rings is 1. The van der Waals surface area contributed by atoms with Crippen LogP contribution in [0.15, 0.2) is 41.6 Å². The van der Waals surface area contributed by atoms with Crippen molar-refractivity contribution in [2.45, 2.75) is 38.8 Å². The quantitative estimate of drug-likeness (QED) is 0.625. The Morgan fingerprint density at radius 3 is 2.40 bits per heavy atom. The minimum atomic E-state index is -3.81. The lowest BCUT2D eigenvalue weighted by molar-refractivity contribution is -0.695. The Balaban J connectivity index is 2.37. The molecule has 0 atom stereocenters. The number of aromatic nitrogens is 2. The van der Waals surface area contributed by atoms with Crippen LogP contribution in [0.2, 0.25) is 0 Å². The molecule has 1 heterocycles. The van der Waals surface area contributed by atoms with Crippen LogP contribution in [0.25, 0.3) is 0 Å². The highest BCUT2D eigenvalue weighted by molar-refractivity contribution is 7.87. The van der Waals surface area contributed by atoms with E-state index in [0.29, 0.717) is 19.1 Å². The van der Waals surface area contributed by atoms with Crippen molar-refractivity contribution >= 4 is 10.1 Å². The third-order valence-electron chi connectivity index (χ3n) is 3.09. The minimum Gasteiger partial charge on any atom is -0.305 e. The van der Waals surface area contributed by atoms with Crippen molar-refractivity contribution in [3.8, 4) is 6.01 Å². The maximum absolute atomic E-state index is 12.3. The maximum atomic E-state index is 12.3. The summed E-state index contributed by atoms with van der Waals surface area (Å²) in [4.78, 5) is 0.162. The average Bonchev–Trinajstić information content (AvgIpc) is 2.80. The van der Waals surface area contributed by atoms with E-state index in [9.17, 15) is 8.42 Å². The summed E-state index contributed by atoms with van der Waals surface area (Å²) in [5, 5.41) is 0. The zero-order chi connectivity index (χ0) is 14.8. The summed E-state index contributed by atoms with van der Waals surface area (Å²) in [7, 11) is -3.81. The van der Waals surface area contributed by atoms with E-state index in [4.69, 9.17) is 4.18 Å². The fraction of sp³-hybridized carbons (Fsp3) is 0.357. The van der Waals surface area contributed by atoms with Gasteiger partial charge in [-0.15, -0.1) is 0 Å². The van der Waals surface area contributed by atoms with Gasteiger partial charge in [0, 0.05) is 0 Å². The molecule has 0 saturated carbocycles. The Morgan fingerprint density at radius 1 is 1.20 bits per heavy atom. The van der Waals surface area contributed by atoms with Crippen LogP contribution in [0.4, 0.5) is 0 Å². The van der Waals surface area contributed by atoms with Gasteiger partial charge >= 0.3 is 16.1 Å². The van der Waals surface area contributed by atoms with E-state index in [2.05, 4.69) is 0 Å². The zero-order valence-electron chi connectivity index (χ0n) is 11.9. The molecule has 0 amide bonds. The maximum Gasteiger partial charge on any atom is 0.472 e. The number of hydrogen-bond acceptors (Lipinski definition) is 3. The topological polar surface area (TPSA) is 52.2 Å². The van der Waals surface area contributed by atoms with Gasteiger partial charge in [0.15, 0.2) is 0 Å². The van der Waals surface area contributed by atoms with Crippen LogP contribution in [-0.4, -0.2) is 13.0 Å². The van der Waals surface area contributed by atoms with Gasteiger partial charge in [0.25, 0.3) is 0 Å². The van der Waals surface area contributed by atoms with Crippen molar-refractivity contribution in [2.24, 2.45) is 0 Å². The van der Waals surface area contributed by atoms with Gasteiger partial charge in [0.05, 0.1) is 13.1 Å². The second-order valence-electron chi connectivity index (χ2n) is 4.50. The second kappa shape index (κ2) is 5.66. The average molecular weight is 295 g/mol. The van der Waals surface area contributed by atoms with Gasteiger partial charge in [-0.1, -0.05) is 17.7 Å². The summed E-state index contributed by atoms with van der Waals surface area (Å²) in [6.07, 6.45) is 3.62. The molecule has 0 spiro atoms. The van der Waals surface area contributed by atoms with Crippen LogP contribution in [-0.2, 0) is 23.2 Å². The molecule has 0 radical (unpaired) electrons. The van der Waals surface area contributed by atoms with Crippen molar-refractivity contribution < 1.29 is 17.2 Å². The van der Waals surface area contributed by atoms with Gasteiger partial charge < -0.3 is 4.18 Å². The highest BCUT2D eigenvalue weighted by atomic mass is 32.2. The van der Waals surface area contributed by atoms with Crippen molar-refractivity contribution in [3.63, 3.8) is 0 Å².